The summed E-state index contributed by atoms with van der Waals surface area (Å²) >= 11 is 1.61. The number of carbonyl (C=O) groups excluding carboxylic acids is 1. The molecule has 0 bridgehead atoms. The van der Waals surface area contributed by atoms with Crippen LogP contribution in [-0.2, 0) is 17.9 Å². The molecular formula is C21H23N3O2S. The maximum atomic E-state index is 12.4. The van der Waals surface area contributed by atoms with Crippen molar-refractivity contribution in [2.75, 3.05) is 13.1 Å². The van der Waals surface area contributed by atoms with E-state index in [-0.39, 0.29) is 11.8 Å². The summed E-state index contributed by atoms with van der Waals surface area (Å²) in [4.78, 5) is 19.5. The third-order valence-electron chi connectivity index (χ3n) is 4.94. The molecule has 2 aromatic heterocycles. The second-order valence-corrected chi connectivity index (χ2v) is 7.73. The summed E-state index contributed by atoms with van der Waals surface area (Å²) in [6, 6.07) is 13.9. The Hall–Kier alpha value is -2.44. The number of piperidine rings is 1. The first-order chi connectivity index (χ1) is 13.3. The van der Waals surface area contributed by atoms with E-state index in [1.165, 1.54) is 0 Å². The number of benzene rings is 1. The molecule has 0 radical (unpaired) electrons. The van der Waals surface area contributed by atoms with E-state index >= 15 is 0 Å². The van der Waals surface area contributed by atoms with Crippen LogP contribution in [0, 0.1) is 5.92 Å². The maximum Gasteiger partial charge on any atom is 0.223 e. The Morgan fingerprint density at radius 3 is 2.74 bits per heavy atom. The normalized spacial score (nSPS) is 15.7. The maximum absolute atomic E-state index is 12.4. The van der Waals surface area contributed by atoms with Crippen LogP contribution < -0.4 is 5.32 Å². The van der Waals surface area contributed by atoms with Crippen LogP contribution in [0.3, 0.4) is 0 Å². The molecule has 0 saturated carbocycles. The number of hydrogen-bond donors (Lipinski definition) is 1. The lowest BCUT2D eigenvalue weighted by molar-refractivity contribution is -0.126. The number of nitrogens with zero attached hydrogens (tertiary/aromatic N) is 2. The van der Waals surface area contributed by atoms with Crippen molar-refractivity contribution in [3.05, 3.63) is 65.4 Å². The highest BCUT2D eigenvalue weighted by atomic mass is 32.1. The Balaban J connectivity index is 1.23. The molecule has 3 heterocycles. The molecule has 1 aliphatic rings. The number of rotatable bonds is 6. The summed E-state index contributed by atoms with van der Waals surface area (Å²) in [5.74, 6) is 1.10. The van der Waals surface area contributed by atoms with E-state index in [0.29, 0.717) is 6.54 Å². The molecule has 6 heteroatoms. The average molecular weight is 382 g/mol. The van der Waals surface area contributed by atoms with E-state index in [4.69, 9.17) is 4.42 Å². The van der Waals surface area contributed by atoms with Crippen molar-refractivity contribution < 1.29 is 9.21 Å². The molecule has 0 unspecified atom stereocenters. The van der Waals surface area contributed by atoms with Gasteiger partial charge in [-0.05, 0) is 43.6 Å². The third-order valence-corrected chi connectivity index (χ3v) is 5.84. The Morgan fingerprint density at radius 1 is 1.19 bits per heavy atom. The lowest BCUT2D eigenvalue weighted by atomic mass is 9.95. The van der Waals surface area contributed by atoms with E-state index in [1.54, 1.807) is 17.6 Å². The summed E-state index contributed by atoms with van der Waals surface area (Å²) in [5.41, 5.74) is 2.21. The molecule has 1 saturated heterocycles. The number of aromatic nitrogens is 1. The van der Waals surface area contributed by atoms with Gasteiger partial charge >= 0.3 is 0 Å². The first kappa shape index (κ1) is 17.9. The number of carbonyl (C=O) groups is 1. The Morgan fingerprint density at radius 2 is 2.00 bits per heavy atom. The minimum absolute atomic E-state index is 0.110. The van der Waals surface area contributed by atoms with Crippen LogP contribution in [0.25, 0.3) is 10.8 Å². The Kier molecular flexibility index (Phi) is 5.65. The van der Waals surface area contributed by atoms with Crippen molar-refractivity contribution in [1.82, 2.24) is 15.2 Å². The summed E-state index contributed by atoms with van der Waals surface area (Å²) in [5, 5.41) is 6.09. The minimum Gasteiger partial charge on any atom is -0.462 e. The monoisotopic (exact) mass is 381 g/mol. The number of likely N-dealkylation sites (tertiary alicyclic amines) is 1. The Labute approximate surface area is 163 Å². The van der Waals surface area contributed by atoms with E-state index in [9.17, 15) is 4.79 Å². The van der Waals surface area contributed by atoms with Gasteiger partial charge < -0.3 is 9.73 Å². The molecule has 1 aliphatic heterocycles. The van der Waals surface area contributed by atoms with Crippen molar-refractivity contribution in [2.24, 2.45) is 5.92 Å². The standard InChI is InChI=1S/C21H23N3O2S/c25-20(22-13-16-5-2-1-3-6-16)17-8-10-24(11-9-17)14-18-15-27-21(23-18)19-7-4-12-26-19/h1-7,12,15,17H,8-11,13-14H2,(H,22,25). The third kappa shape index (κ3) is 4.64. The zero-order valence-electron chi connectivity index (χ0n) is 15.1. The molecule has 27 heavy (non-hydrogen) atoms. The van der Waals surface area contributed by atoms with Crippen LogP contribution >= 0.6 is 11.3 Å². The quantitative estimate of drug-likeness (QED) is 0.703. The van der Waals surface area contributed by atoms with E-state index in [1.807, 2.05) is 42.5 Å². The van der Waals surface area contributed by atoms with Gasteiger partial charge in [-0.15, -0.1) is 11.3 Å². The molecule has 0 spiro atoms. The first-order valence-corrected chi connectivity index (χ1v) is 10.2. The van der Waals surface area contributed by atoms with Gasteiger partial charge in [0.2, 0.25) is 5.91 Å². The zero-order chi connectivity index (χ0) is 18.5. The lowest BCUT2D eigenvalue weighted by Crippen LogP contribution is -2.40. The SMILES string of the molecule is O=C(NCc1ccccc1)C1CCN(Cc2csc(-c3ccco3)n2)CC1. The van der Waals surface area contributed by atoms with Crippen LogP contribution in [0.15, 0.2) is 58.5 Å². The molecule has 0 aliphatic carbocycles. The van der Waals surface area contributed by atoms with Crippen LogP contribution in [0.5, 0.6) is 0 Å². The molecule has 1 fully saturated rings. The van der Waals surface area contributed by atoms with Crippen LogP contribution in [0.2, 0.25) is 0 Å². The van der Waals surface area contributed by atoms with Gasteiger partial charge in [0.1, 0.15) is 0 Å². The van der Waals surface area contributed by atoms with Crippen molar-refractivity contribution in [1.29, 1.82) is 0 Å². The minimum atomic E-state index is 0.110. The molecule has 0 atom stereocenters. The fourth-order valence-corrected chi connectivity index (χ4v) is 4.18. The van der Waals surface area contributed by atoms with E-state index < -0.39 is 0 Å². The summed E-state index contributed by atoms with van der Waals surface area (Å²) in [7, 11) is 0. The molecule has 3 aromatic rings. The number of amides is 1. The zero-order valence-corrected chi connectivity index (χ0v) is 16.0. The van der Waals surface area contributed by atoms with Crippen molar-refractivity contribution in [3.8, 4) is 10.8 Å². The molecule has 140 valence electrons. The number of hydrogen-bond acceptors (Lipinski definition) is 5. The van der Waals surface area contributed by atoms with Crippen molar-refractivity contribution in [3.63, 3.8) is 0 Å². The van der Waals surface area contributed by atoms with Gasteiger partial charge in [-0.25, -0.2) is 4.98 Å². The van der Waals surface area contributed by atoms with Gasteiger partial charge in [0, 0.05) is 24.4 Å². The second kappa shape index (κ2) is 8.50. The highest BCUT2D eigenvalue weighted by Crippen LogP contribution is 2.25. The van der Waals surface area contributed by atoms with Crippen molar-refractivity contribution >= 4 is 17.2 Å². The smallest absolute Gasteiger partial charge is 0.223 e. The molecule has 4 rings (SSSR count). The van der Waals surface area contributed by atoms with E-state index in [2.05, 4.69) is 20.6 Å². The largest absolute Gasteiger partial charge is 0.462 e. The lowest BCUT2D eigenvalue weighted by Gasteiger charge is -2.30. The summed E-state index contributed by atoms with van der Waals surface area (Å²) < 4.78 is 5.41. The highest BCUT2D eigenvalue weighted by Gasteiger charge is 2.25. The van der Waals surface area contributed by atoms with Crippen LogP contribution in [0.4, 0.5) is 0 Å². The van der Waals surface area contributed by atoms with Crippen LogP contribution in [0.1, 0.15) is 24.1 Å². The van der Waals surface area contributed by atoms with Gasteiger partial charge in [-0.3, -0.25) is 9.69 Å². The van der Waals surface area contributed by atoms with Gasteiger partial charge in [0.25, 0.3) is 0 Å². The topological polar surface area (TPSA) is 58.4 Å². The fraction of sp³-hybridized carbons (Fsp3) is 0.333. The fourth-order valence-electron chi connectivity index (χ4n) is 3.40. The van der Waals surface area contributed by atoms with Gasteiger partial charge in [0.15, 0.2) is 10.8 Å². The predicted octanol–water partition coefficient (Wildman–Crippen LogP) is 3.93. The first-order valence-electron chi connectivity index (χ1n) is 9.30. The molecule has 1 aromatic carbocycles. The molecule has 1 amide bonds. The molecule has 1 N–H and O–H groups in total. The number of thiazole rings is 1. The van der Waals surface area contributed by atoms with Gasteiger partial charge in [-0.2, -0.15) is 0 Å². The Bertz CT molecular complexity index is 853. The molecular weight excluding hydrogens is 358 g/mol. The summed E-state index contributed by atoms with van der Waals surface area (Å²) in [6.45, 7) is 3.29. The van der Waals surface area contributed by atoms with Gasteiger partial charge in [0.05, 0.1) is 12.0 Å². The number of furan rings is 1. The van der Waals surface area contributed by atoms with Crippen molar-refractivity contribution in [2.45, 2.75) is 25.9 Å². The van der Waals surface area contributed by atoms with Crippen LogP contribution in [-0.4, -0.2) is 28.9 Å². The summed E-state index contributed by atoms with van der Waals surface area (Å²) in [6.07, 6.45) is 3.47. The second-order valence-electron chi connectivity index (χ2n) is 6.88. The molecule has 5 nitrogen and oxygen atoms in total. The van der Waals surface area contributed by atoms with E-state index in [0.717, 1.165) is 54.5 Å². The predicted molar refractivity (Wildman–Crippen MR) is 106 cm³/mol. The number of nitrogens with one attached hydrogen (secondary N) is 1. The highest BCUT2D eigenvalue weighted by molar-refractivity contribution is 7.13. The van der Waals surface area contributed by atoms with Gasteiger partial charge in [-0.1, -0.05) is 30.3 Å². The average Bonchev–Trinajstić information content (AvgIpc) is 3.39.